The number of hydrogen-bond donors (Lipinski definition) is 3. The molecule has 4 nitrogen and oxygen atoms in total. The second kappa shape index (κ2) is 5.29. The van der Waals surface area contributed by atoms with Gasteiger partial charge in [-0.3, -0.25) is 10.3 Å². The number of amidine groups is 1. The number of nitrogens with two attached hydrogens (primary N) is 1. The van der Waals surface area contributed by atoms with Gasteiger partial charge in [0.15, 0.2) is 0 Å². The molecule has 1 aromatic carbocycles. The summed E-state index contributed by atoms with van der Waals surface area (Å²) in [6.45, 7) is 3.03. The zero-order chi connectivity index (χ0) is 12.3. The number of likely N-dealkylation sites (tertiary alicyclic amines) is 1. The lowest BCUT2D eigenvalue weighted by atomic mass is 10.1. The summed E-state index contributed by atoms with van der Waals surface area (Å²) in [5.74, 6) is 0.526. The first-order valence-corrected chi connectivity index (χ1v) is 5.96. The Hall–Kier alpha value is -1.39. The van der Waals surface area contributed by atoms with E-state index in [0.29, 0.717) is 5.92 Å². The molecule has 1 atom stereocenters. The molecule has 17 heavy (non-hydrogen) atoms. The van der Waals surface area contributed by atoms with Gasteiger partial charge in [0.1, 0.15) is 5.84 Å². The first-order valence-electron chi connectivity index (χ1n) is 5.96. The predicted octanol–water partition coefficient (Wildman–Crippen LogP) is 0.785. The van der Waals surface area contributed by atoms with Crippen LogP contribution in [-0.2, 0) is 6.54 Å². The molecule has 1 heterocycles. The van der Waals surface area contributed by atoms with E-state index in [2.05, 4.69) is 4.90 Å². The van der Waals surface area contributed by atoms with Gasteiger partial charge in [-0.15, -0.1) is 0 Å². The molecule has 0 aliphatic carbocycles. The van der Waals surface area contributed by atoms with Crippen molar-refractivity contribution < 1.29 is 5.11 Å². The van der Waals surface area contributed by atoms with Gasteiger partial charge >= 0.3 is 0 Å². The standard InChI is InChI=1S/C13H19N3O/c14-13(15)12-4-2-1-3-11(12)8-16-6-5-10(7-16)9-17/h1-4,10,17H,5-9H2,(H3,14,15). The van der Waals surface area contributed by atoms with E-state index < -0.39 is 0 Å². The summed E-state index contributed by atoms with van der Waals surface area (Å²) in [4.78, 5) is 2.31. The second-order valence-corrected chi connectivity index (χ2v) is 4.64. The molecule has 0 saturated carbocycles. The van der Waals surface area contributed by atoms with Crippen molar-refractivity contribution in [2.45, 2.75) is 13.0 Å². The zero-order valence-corrected chi connectivity index (χ0v) is 9.89. The summed E-state index contributed by atoms with van der Waals surface area (Å²) in [7, 11) is 0. The summed E-state index contributed by atoms with van der Waals surface area (Å²) in [6.07, 6.45) is 1.05. The lowest BCUT2D eigenvalue weighted by molar-refractivity contribution is 0.220. The lowest BCUT2D eigenvalue weighted by Crippen LogP contribution is -2.23. The van der Waals surface area contributed by atoms with Crippen molar-refractivity contribution in [3.63, 3.8) is 0 Å². The monoisotopic (exact) mass is 233 g/mol. The first kappa shape index (κ1) is 12.1. The topological polar surface area (TPSA) is 73.3 Å². The van der Waals surface area contributed by atoms with Crippen molar-refractivity contribution in [3.05, 3.63) is 35.4 Å². The molecular weight excluding hydrogens is 214 g/mol. The third kappa shape index (κ3) is 2.84. The molecule has 0 bridgehead atoms. The summed E-state index contributed by atoms with van der Waals surface area (Å²) >= 11 is 0. The zero-order valence-electron chi connectivity index (χ0n) is 9.89. The minimum Gasteiger partial charge on any atom is -0.396 e. The number of benzene rings is 1. The number of aliphatic hydroxyl groups is 1. The minimum atomic E-state index is 0.124. The van der Waals surface area contributed by atoms with Crippen molar-refractivity contribution in [2.75, 3.05) is 19.7 Å². The third-order valence-electron chi connectivity index (χ3n) is 3.33. The van der Waals surface area contributed by atoms with Crippen LogP contribution in [-0.4, -0.2) is 35.5 Å². The molecule has 0 amide bonds. The van der Waals surface area contributed by atoms with Gasteiger partial charge in [0.25, 0.3) is 0 Å². The third-order valence-corrected chi connectivity index (χ3v) is 3.33. The Labute approximate surface area is 102 Å². The molecule has 0 aromatic heterocycles. The van der Waals surface area contributed by atoms with E-state index in [-0.39, 0.29) is 12.4 Å². The van der Waals surface area contributed by atoms with Crippen molar-refractivity contribution in [1.29, 1.82) is 5.41 Å². The van der Waals surface area contributed by atoms with Gasteiger partial charge in [0.2, 0.25) is 0 Å². The van der Waals surface area contributed by atoms with Gasteiger partial charge in [-0.25, -0.2) is 0 Å². The van der Waals surface area contributed by atoms with Crippen molar-refractivity contribution in [1.82, 2.24) is 4.90 Å². The van der Waals surface area contributed by atoms with E-state index in [1.165, 1.54) is 0 Å². The molecule has 92 valence electrons. The quantitative estimate of drug-likeness (QED) is 0.531. The minimum absolute atomic E-state index is 0.124. The van der Waals surface area contributed by atoms with Crippen LogP contribution in [0.2, 0.25) is 0 Å². The summed E-state index contributed by atoms with van der Waals surface area (Å²) in [5.41, 5.74) is 7.48. The number of rotatable bonds is 4. The van der Waals surface area contributed by atoms with E-state index in [1.807, 2.05) is 24.3 Å². The van der Waals surface area contributed by atoms with Crippen LogP contribution in [0.3, 0.4) is 0 Å². The van der Waals surface area contributed by atoms with Gasteiger partial charge in [0, 0.05) is 25.3 Å². The highest BCUT2D eigenvalue weighted by atomic mass is 16.3. The Bertz CT molecular complexity index is 405. The van der Waals surface area contributed by atoms with E-state index in [1.54, 1.807) is 0 Å². The SMILES string of the molecule is N=C(N)c1ccccc1CN1CCC(CO)C1. The summed E-state index contributed by atoms with van der Waals surface area (Å²) in [5, 5.41) is 16.7. The van der Waals surface area contributed by atoms with Crippen LogP contribution in [0.4, 0.5) is 0 Å². The average Bonchev–Trinajstić information content (AvgIpc) is 2.77. The lowest BCUT2D eigenvalue weighted by Gasteiger charge is -2.17. The molecule has 4 heteroatoms. The fraction of sp³-hybridized carbons (Fsp3) is 0.462. The van der Waals surface area contributed by atoms with E-state index >= 15 is 0 Å². The van der Waals surface area contributed by atoms with Crippen molar-refractivity contribution in [2.24, 2.45) is 11.7 Å². The largest absolute Gasteiger partial charge is 0.396 e. The van der Waals surface area contributed by atoms with Crippen LogP contribution in [0.1, 0.15) is 17.5 Å². The fourth-order valence-corrected chi connectivity index (χ4v) is 2.37. The molecular formula is C13H19N3O. The average molecular weight is 233 g/mol. The van der Waals surface area contributed by atoms with Crippen molar-refractivity contribution in [3.8, 4) is 0 Å². The van der Waals surface area contributed by atoms with Crippen LogP contribution in [0, 0.1) is 11.3 Å². The van der Waals surface area contributed by atoms with Crippen LogP contribution in [0.25, 0.3) is 0 Å². The fourth-order valence-electron chi connectivity index (χ4n) is 2.37. The molecule has 0 spiro atoms. The normalized spacial score (nSPS) is 20.6. The van der Waals surface area contributed by atoms with Crippen LogP contribution in [0.15, 0.2) is 24.3 Å². The van der Waals surface area contributed by atoms with Crippen molar-refractivity contribution >= 4 is 5.84 Å². The predicted molar refractivity (Wildman–Crippen MR) is 67.9 cm³/mol. The molecule has 1 aliphatic heterocycles. The summed E-state index contributed by atoms with van der Waals surface area (Å²) < 4.78 is 0. The molecule has 1 unspecified atom stereocenters. The van der Waals surface area contributed by atoms with Crippen LogP contribution < -0.4 is 5.73 Å². The molecule has 1 fully saturated rings. The highest BCUT2D eigenvalue weighted by Gasteiger charge is 2.22. The molecule has 2 rings (SSSR count). The van der Waals surface area contributed by atoms with Gasteiger partial charge in [-0.1, -0.05) is 24.3 Å². The van der Waals surface area contributed by atoms with E-state index in [0.717, 1.165) is 37.2 Å². The molecule has 4 N–H and O–H groups in total. The maximum absolute atomic E-state index is 9.11. The van der Waals surface area contributed by atoms with E-state index in [4.69, 9.17) is 16.2 Å². The Kier molecular flexibility index (Phi) is 3.76. The van der Waals surface area contributed by atoms with Gasteiger partial charge in [0.05, 0.1) is 0 Å². The Morgan fingerprint density at radius 3 is 2.88 bits per heavy atom. The Balaban J connectivity index is 2.06. The van der Waals surface area contributed by atoms with Gasteiger partial charge < -0.3 is 10.8 Å². The van der Waals surface area contributed by atoms with E-state index in [9.17, 15) is 0 Å². The van der Waals surface area contributed by atoms with Gasteiger partial charge in [-0.05, 0) is 24.4 Å². The number of nitrogens with one attached hydrogen (secondary N) is 1. The number of aliphatic hydroxyl groups excluding tert-OH is 1. The Morgan fingerprint density at radius 2 is 2.24 bits per heavy atom. The maximum atomic E-state index is 9.11. The maximum Gasteiger partial charge on any atom is 0.123 e. The molecule has 1 saturated heterocycles. The second-order valence-electron chi connectivity index (χ2n) is 4.64. The van der Waals surface area contributed by atoms with Crippen LogP contribution >= 0.6 is 0 Å². The Morgan fingerprint density at radius 1 is 1.47 bits per heavy atom. The highest BCUT2D eigenvalue weighted by Crippen LogP contribution is 2.19. The smallest absolute Gasteiger partial charge is 0.123 e. The van der Waals surface area contributed by atoms with Crippen LogP contribution in [0.5, 0.6) is 0 Å². The number of hydrogen-bond acceptors (Lipinski definition) is 3. The first-order chi connectivity index (χ1) is 8.20. The molecule has 1 aromatic rings. The molecule has 1 aliphatic rings. The van der Waals surface area contributed by atoms with Gasteiger partial charge in [-0.2, -0.15) is 0 Å². The summed E-state index contributed by atoms with van der Waals surface area (Å²) in [6, 6.07) is 7.78. The highest BCUT2D eigenvalue weighted by molar-refractivity contribution is 5.96. The molecule has 0 radical (unpaired) electrons. The number of nitrogen functional groups attached to an aromatic ring is 1. The number of nitrogens with zero attached hydrogens (tertiary/aromatic N) is 1.